The van der Waals surface area contributed by atoms with E-state index in [1.54, 1.807) is 38.6 Å². The summed E-state index contributed by atoms with van der Waals surface area (Å²) in [6.45, 7) is 11.4. The Bertz CT molecular complexity index is 1490. The molecule has 8 nitrogen and oxygen atoms in total. The van der Waals surface area contributed by atoms with Crippen molar-refractivity contribution >= 4 is 28.6 Å². The van der Waals surface area contributed by atoms with Crippen molar-refractivity contribution in [2.24, 2.45) is 7.05 Å². The van der Waals surface area contributed by atoms with E-state index < -0.39 is 23.5 Å². The van der Waals surface area contributed by atoms with Crippen LogP contribution < -0.4 is 0 Å². The minimum absolute atomic E-state index is 0.00436. The average molecular weight is 514 g/mol. The zero-order valence-corrected chi connectivity index (χ0v) is 22.1. The highest BCUT2D eigenvalue weighted by Crippen LogP contribution is 2.42. The van der Waals surface area contributed by atoms with Crippen molar-refractivity contribution in [1.82, 2.24) is 24.3 Å². The molecule has 0 fully saturated rings. The fourth-order valence-electron chi connectivity index (χ4n) is 4.48. The van der Waals surface area contributed by atoms with Crippen molar-refractivity contribution in [3.63, 3.8) is 0 Å². The Labute approximate surface area is 213 Å². The molecule has 10 heteroatoms. The van der Waals surface area contributed by atoms with Gasteiger partial charge >= 0.3 is 5.97 Å². The summed E-state index contributed by atoms with van der Waals surface area (Å²) in [4.78, 5) is 21.6. The zero-order chi connectivity index (χ0) is 26.5. The molecule has 0 aliphatic carbocycles. The van der Waals surface area contributed by atoms with E-state index in [1.807, 2.05) is 31.7 Å². The Morgan fingerprint density at radius 1 is 1.25 bits per heavy atom. The van der Waals surface area contributed by atoms with Crippen LogP contribution in [0.4, 0.5) is 4.39 Å². The summed E-state index contributed by atoms with van der Waals surface area (Å²) in [7, 11) is 1.85. The van der Waals surface area contributed by atoms with Gasteiger partial charge in [-0.25, -0.2) is 14.2 Å². The van der Waals surface area contributed by atoms with Crippen molar-refractivity contribution in [1.29, 1.82) is 0 Å². The van der Waals surface area contributed by atoms with Gasteiger partial charge < -0.3 is 14.4 Å². The molecule has 0 aliphatic rings. The van der Waals surface area contributed by atoms with Gasteiger partial charge in [0.05, 0.1) is 23.4 Å². The normalized spacial score (nSPS) is 12.9. The van der Waals surface area contributed by atoms with Crippen molar-refractivity contribution < 1.29 is 19.0 Å². The van der Waals surface area contributed by atoms with Crippen molar-refractivity contribution in [3.8, 4) is 11.3 Å². The van der Waals surface area contributed by atoms with Crippen LogP contribution in [0.5, 0.6) is 0 Å². The molecule has 0 bridgehead atoms. The topological polar surface area (TPSA) is 95.1 Å². The number of carbonyl (C=O) groups is 1. The first kappa shape index (κ1) is 25.8. The number of fused-ring (bicyclic) bond motifs is 1. The van der Waals surface area contributed by atoms with E-state index in [2.05, 4.69) is 10.1 Å². The van der Waals surface area contributed by atoms with E-state index in [-0.39, 0.29) is 16.3 Å². The molecule has 0 saturated carbocycles. The second-order valence-electron chi connectivity index (χ2n) is 9.94. The molecule has 0 aromatic carbocycles. The number of aliphatic carboxylic acids is 1. The van der Waals surface area contributed by atoms with Crippen LogP contribution in [0.25, 0.3) is 22.3 Å². The molecule has 0 radical (unpaired) electrons. The van der Waals surface area contributed by atoms with E-state index in [0.717, 1.165) is 16.8 Å². The molecule has 4 heterocycles. The molecule has 4 rings (SSSR count). The predicted molar refractivity (Wildman–Crippen MR) is 136 cm³/mol. The number of halogens is 2. The second kappa shape index (κ2) is 9.29. The summed E-state index contributed by atoms with van der Waals surface area (Å²) in [5, 5.41) is 15.2. The van der Waals surface area contributed by atoms with E-state index in [0.29, 0.717) is 28.8 Å². The first-order valence-electron chi connectivity index (χ1n) is 11.5. The predicted octanol–water partition coefficient (Wildman–Crippen LogP) is 5.54. The smallest absolute Gasteiger partial charge is 0.337 e. The largest absolute Gasteiger partial charge is 0.479 e. The molecule has 4 aromatic heterocycles. The van der Waals surface area contributed by atoms with Crippen LogP contribution in [-0.4, -0.2) is 41.0 Å². The van der Waals surface area contributed by atoms with Crippen LogP contribution >= 0.6 is 11.6 Å². The van der Waals surface area contributed by atoms with Crippen molar-refractivity contribution in [3.05, 3.63) is 63.6 Å². The number of rotatable bonds is 6. The number of hydrogen-bond acceptors (Lipinski definition) is 5. The SMILES string of the molecule is Cc1nc2c(c(C)c(C)n2Cc2cnn(C)c2)c(-c2ncc(Cl)cc2F)c1[C@H](OC(C)(C)C)C(=O)O. The molecule has 0 spiro atoms. The Balaban J connectivity index is 2.11. The Morgan fingerprint density at radius 2 is 1.94 bits per heavy atom. The third-order valence-electron chi connectivity index (χ3n) is 6.09. The Hall–Kier alpha value is -3.30. The molecular formula is C26H29ClFN5O3. The highest BCUT2D eigenvalue weighted by atomic mass is 35.5. The zero-order valence-electron chi connectivity index (χ0n) is 21.3. The van der Waals surface area contributed by atoms with Gasteiger partial charge in [-0.15, -0.1) is 0 Å². The van der Waals surface area contributed by atoms with E-state index >= 15 is 4.39 Å². The van der Waals surface area contributed by atoms with E-state index in [4.69, 9.17) is 21.3 Å². The van der Waals surface area contributed by atoms with Gasteiger partial charge in [0.15, 0.2) is 11.9 Å². The van der Waals surface area contributed by atoms with Gasteiger partial charge in [-0.05, 0) is 53.2 Å². The first-order valence-corrected chi connectivity index (χ1v) is 11.9. The average Bonchev–Trinajstić information content (AvgIpc) is 3.27. The minimum atomic E-state index is -1.39. The van der Waals surface area contributed by atoms with E-state index in [1.165, 1.54) is 12.3 Å². The van der Waals surface area contributed by atoms with Gasteiger partial charge in [0.1, 0.15) is 11.3 Å². The fraction of sp³-hybridized carbons (Fsp3) is 0.385. The number of aryl methyl sites for hydroxylation is 3. The quantitative estimate of drug-likeness (QED) is 0.364. The molecule has 0 saturated heterocycles. The fourth-order valence-corrected chi connectivity index (χ4v) is 4.62. The molecule has 0 aliphatic heterocycles. The summed E-state index contributed by atoms with van der Waals surface area (Å²) < 4.78 is 25.1. The summed E-state index contributed by atoms with van der Waals surface area (Å²) in [6.07, 6.45) is 3.65. The highest BCUT2D eigenvalue weighted by molar-refractivity contribution is 6.30. The lowest BCUT2D eigenvalue weighted by molar-refractivity contribution is -0.160. The lowest BCUT2D eigenvalue weighted by atomic mass is 9.93. The van der Waals surface area contributed by atoms with Crippen LogP contribution in [0.1, 0.15) is 55.0 Å². The summed E-state index contributed by atoms with van der Waals surface area (Å²) in [6, 6.07) is 1.17. The molecule has 1 N–H and O–H groups in total. The number of nitrogens with zero attached hydrogens (tertiary/aromatic N) is 5. The maximum Gasteiger partial charge on any atom is 0.337 e. The lowest BCUT2D eigenvalue weighted by Crippen LogP contribution is -2.28. The lowest BCUT2D eigenvalue weighted by Gasteiger charge is -2.27. The van der Waals surface area contributed by atoms with Crippen molar-refractivity contribution in [2.45, 2.75) is 59.8 Å². The van der Waals surface area contributed by atoms with Gasteiger partial charge in [0.2, 0.25) is 0 Å². The second-order valence-corrected chi connectivity index (χ2v) is 10.4. The summed E-state index contributed by atoms with van der Waals surface area (Å²) in [5.74, 6) is -1.86. The maximum absolute atomic E-state index is 15.4. The third-order valence-corrected chi connectivity index (χ3v) is 6.29. The number of aromatic nitrogens is 5. The van der Waals surface area contributed by atoms with Crippen LogP contribution in [0, 0.1) is 26.6 Å². The minimum Gasteiger partial charge on any atom is -0.479 e. The summed E-state index contributed by atoms with van der Waals surface area (Å²) >= 11 is 6.00. The monoisotopic (exact) mass is 513 g/mol. The van der Waals surface area contributed by atoms with Gasteiger partial charge in [0, 0.05) is 52.9 Å². The molecule has 190 valence electrons. The first-order chi connectivity index (χ1) is 16.8. The van der Waals surface area contributed by atoms with Gasteiger partial charge in [0.25, 0.3) is 0 Å². The molecule has 0 unspecified atom stereocenters. The van der Waals surface area contributed by atoms with Crippen molar-refractivity contribution in [2.75, 3.05) is 0 Å². The van der Waals surface area contributed by atoms with Crippen LogP contribution in [0.2, 0.25) is 5.02 Å². The van der Waals surface area contributed by atoms with Gasteiger partial charge in [-0.3, -0.25) is 9.67 Å². The van der Waals surface area contributed by atoms with Gasteiger partial charge in [-0.1, -0.05) is 11.6 Å². The number of ether oxygens (including phenoxy) is 1. The van der Waals surface area contributed by atoms with Crippen LogP contribution in [0.15, 0.2) is 24.7 Å². The molecule has 1 atom stereocenters. The standard InChI is InChI=1S/C26H29ClFN5O3/c1-13-15(3)33(12-16-9-30-32(7)11-16)24-19(13)21(22-18(28)8-17(27)10-29-22)20(14(2)31-24)23(25(34)35)36-26(4,5)6/h8-11,23H,12H2,1-7H3,(H,34,35)/t23-/m0/s1. The number of carboxylic acid groups (broad SMARTS) is 1. The third kappa shape index (κ3) is 4.73. The van der Waals surface area contributed by atoms with Crippen LogP contribution in [0.3, 0.4) is 0 Å². The molecule has 4 aromatic rings. The number of hydrogen-bond donors (Lipinski definition) is 1. The molecule has 0 amide bonds. The van der Waals surface area contributed by atoms with Crippen LogP contribution in [-0.2, 0) is 23.1 Å². The number of pyridine rings is 2. The molecule has 36 heavy (non-hydrogen) atoms. The molecular weight excluding hydrogens is 485 g/mol. The van der Waals surface area contributed by atoms with Gasteiger partial charge in [-0.2, -0.15) is 5.10 Å². The Morgan fingerprint density at radius 3 is 2.50 bits per heavy atom. The summed E-state index contributed by atoms with van der Waals surface area (Å²) in [5.41, 5.74) is 3.55. The highest BCUT2D eigenvalue weighted by Gasteiger charge is 2.35. The Kier molecular flexibility index (Phi) is 6.66. The number of carboxylic acids is 1. The maximum atomic E-state index is 15.4. The van der Waals surface area contributed by atoms with E-state index in [9.17, 15) is 9.90 Å².